The first-order chi connectivity index (χ1) is 10.9. The Kier molecular flexibility index (Phi) is 8.71. The third-order valence-electron chi connectivity index (χ3n) is 3.07. The number of thioether (sulfide) groups is 1. The van der Waals surface area contributed by atoms with E-state index in [9.17, 15) is 9.59 Å². The van der Waals surface area contributed by atoms with E-state index in [-0.39, 0.29) is 17.2 Å². The number of esters is 1. The van der Waals surface area contributed by atoms with E-state index in [0.717, 1.165) is 18.6 Å². The van der Waals surface area contributed by atoms with Crippen molar-refractivity contribution < 1.29 is 9.53 Å². The van der Waals surface area contributed by atoms with Crippen LogP contribution in [0.25, 0.3) is 0 Å². The standard InChI is InChI=1S/C15H23N3O3S2/c1-3-21-12(19)8-9-23-10(2)6-4-5-7-11-13(16)14(20)18-15(22)17-11/h6H,3-5,7-9,16H2,1-2H3,(H2,17,18,20,22)/b10-6-. The summed E-state index contributed by atoms with van der Waals surface area (Å²) in [4.78, 5) is 29.3. The number of nitrogens with two attached hydrogens (primary N) is 1. The summed E-state index contributed by atoms with van der Waals surface area (Å²) in [5.41, 5.74) is 6.26. The molecule has 128 valence electrons. The summed E-state index contributed by atoms with van der Waals surface area (Å²) in [6, 6.07) is 0. The van der Waals surface area contributed by atoms with Gasteiger partial charge in [0.2, 0.25) is 0 Å². The lowest BCUT2D eigenvalue weighted by molar-refractivity contribution is -0.142. The molecule has 0 saturated carbocycles. The molecule has 0 unspecified atom stereocenters. The molecule has 1 aromatic heterocycles. The molecule has 8 heteroatoms. The second kappa shape index (κ2) is 10.3. The Labute approximate surface area is 144 Å². The van der Waals surface area contributed by atoms with Crippen LogP contribution in [0.3, 0.4) is 0 Å². The molecule has 0 amide bonds. The molecule has 0 aliphatic rings. The van der Waals surface area contributed by atoms with Gasteiger partial charge in [0.1, 0.15) is 5.69 Å². The average molecular weight is 358 g/mol. The number of unbranched alkanes of at least 4 members (excludes halogenated alkanes) is 1. The molecule has 1 rings (SSSR count). The highest BCUT2D eigenvalue weighted by Crippen LogP contribution is 2.17. The van der Waals surface area contributed by atoms with E-state index < -0.39 is 0 Å². The van der Waals surface area contributed by atoms with Crippen LogP contribution in [0.1, 0.15) is 38.8 Å². The lowest BCUT2D eigenvalue weighted by atomic mass is 10.1. The van der Waals surface area contributed by atoms with Crippen LogP contribution in [0.5, 0.6) is 0 Å². The van der Waals surface area contributed by atoms with Gasteiger partial charge in [-0.05, 0) is 50.2 Å². The van der Waals surface area contributed by atoms with E-state index in [1.54, 1.807) is 18.7 Å². The first-order valence-electron chi connectivity index (χ1n) is 7.50. The molecule has 0 atom stereocenters. The first kappa shape index (κ1) is 19.5. The Hall–Kier alpha value is -1.54. The fourth-order valence-electron chi connectivity index (χ4n) is 1.91. The number of carbonyl (C=O) groups excluding carboxylic acids is 1. The highest BCUT2D eigenvalue weighted by molar-refractivity contribution is 8.03. The molecule has 0 aliphatic carbocycles. The summed E-state index contributed by atoms with van der Waals surface area (Å²) in [7, 11) is 0. The lowest BCUT2D eigenvalue weighted by Gasteiger charge is -2.05. The second-order valence-electron chi connectivity index (χ2n) is 4.91. The smallest absolute Gasteiger partial charge is 0.306 e. The average Bonchev–Trinajstić information content (AvgIpc) is 2.48. The summed E-state index contributed by atoms with van der Waals surface area (Å²) in [5, 5.41) is 0. The van der Waals surface area contributed by atoms with Crippen molar-refractivity contribution in [2.24, 2.45) is 0 Å². The maximum Gasteiger partial charge on any atom is 0.306 e. The zero-order valence-corrected chi connectivity index (χ0v) is 15.1. The van der Waals surface area contributed by atoms with Crippen molar-refractivity contribution in [3.63, 3.8) is 0 Å². The Bertz CT molecular complexity index is 665. The minimum atomic E-state index is -0.343. The van der Waals surface area contributed by atoms with E-state index in [0.29, 0.717) is 29.9 Å². The summed E-state index contributed by atoms with van der Waals surface area (Å²) in [5.74, 6) is 0.558. The van der Waals surface area contributed by atoms with E-state index >= 15 is 0 Å². The number of ether oxygens (including phenoxy) is 1. The number of aromatic amines is 2. The molecular weight excluding hydrogens is 334 g/mol. The van der Waals surface area contributed by atoms with E-state index in [4.69, 9.17) is 22.7 Å². The number of H-pyrrole nitrogens is 2. The number of hydrogen-bond acceptors (Lipinski definition) is 6. The van der Waals surface area contributed by atoms with Crippen molar-refractivity contribution in [1.29, 1.82) is 0 Å². The van der Waals surface area contributed by atoms with Gasteiger partial charge in [-0.2, -0.15) is 0 Å². The topological polar surface area (TPSA) is 101 Å². The Morgan fingerprint density at radius 1 is 1.43 bits per heavy atom. The number of aryl methyl sites for hydroxylation is 1. The summed E-state index contributed by atoms with van der Waals surface area (Å²) >= 11 is 6.58. The van der Waals surface area contributed by atoms with Gasteiger partial charge in [-0.15, -0.1) is 11.8 Å². The molecule has 0 spiro atoms. The van der Waals surface area contributed by atoms with Crippen LogP contribution in [-0.2, 0) is 16.0 Å². The third-order valence-corrected chi connectivity index (χ3v) is 4.30. The molecule has 0 aromatic carbocycles. The molecule has 23 heavy (non-hydrogen) atoms. The van der Waals surface area contributed by atoms with Crippen LogP contribution < -0.4 is 11.3 Å². The van der Waals surface area contributed by atoms with Crippen molar-refractivity contribution in [3.05, 3.63) is 31.8 Å². The molecule has 1 heterocycles. The van der Waals surface area contributed by atoms with Gasteiger partial charge in [-0.1, -0.05) is 6.08 Å². The molecular formula is C15H23N3O3S2. The number of anilines is 1. The molecule has 1 aromatic rings. The van der Waals surface area contributed by atoms with Crippen LogP contribution in [0.15, 0.2) is 15.8 Å². The largest absolute Gasteiger partial charge is 0.466 e. The van der Waals surface area contributed by atoms with E-state index in [1.807, 2.05) is 6.92 Å². The van der Waals surface area contributed by atoms with Gasteiger partial charge in [0.25, 0.3) is 5.56 Å². The number of rotatable bonds is 9. The fourth-order valence-corrected chi connectivity index (χ4v) is 2.95. The fraction of sp³-hybridized carbons (Fsp3) is 0.533. The van der Waals surface area contributed by atoms with Gasteiger partial charge in [0, 0.05) is 11.4 Å². The highest BCUT2D eigenvalue weighted by atomic mass is 32.2. The predicted octanol–water partition coefficient (Wildman–Crippen LogP) is 2.93. The van der Waals surface area contributed by atoms with E-state index in [1.165, 1.54) is 4.91 Å². The van der Waals surface area contributed by atoms with Crippen molar-refractivity contribution in [2.45, 2.75) is 39.5 Å². The van der Waals surface area contributed by atoms with Crippen LogP contribution in [-0.4, -0.2) is 28.3 Å². The number of aromatic nitrogens is 2. The SMILES string of the molecule is CCOC(=O)CCS/C(C)=C\CCCc1[nH]c(=S)[nH]c(=O)c1N. The zero-order valence-electron chi connectivity index (χ0n) is 13.4. The predicted molar refractivity (Wildman–Crippen MR) is 97.1 cm³/mol. The maximum atomic E-state index is 11.5. The number of hydrogen-bond donors (Lipinski definition) is 3. The maximum absolute atomic E-state index is 11.5. The minimum Gasteiger partial charge on any atom is -0.466 e. The van der Waals surface area contributed by atoms with Crippen molar-refractivity contribution in [1.82, 2.24) is 9.97 Å². The second-order valence-corrected chi connectivity index (χ2v) is 6.66. The minimum absolute atomic E-state index is 0.159. The van der Waals surface area contributed by atoms with E-state index in [2.05, 4.69) is 16.0 Å². The molecule has 6 nitrogen and oxygen atoms in total. The van der Waals surface area contributed by atoms with Gasteiger partial charge in [-0.3, -0.25) is 14.6 Å². The summed E-state index contributed by atoms with van der Waals surface area (Å²) in [6.07, 6.45) is 4.92. The van der Waals surface area contributed by atoms with Crippen molar-refractivity contribution in [3.8, 4) is 0 Å². The molecule has 0 aliphatic heterocycles. The molecule has 4 N–H and O–H groups in total. The lowest BCUT2D eigenvalue weighted by Crippen LogP contribution is -2.16. The number of carbonyl (C=O) groups is 1. The highest BCUT2D eigenvalue weighted by Gasteiger charge is 2.04. The van der Waals surface area contributed by atoms with Crippen LogP contribution >= 0.6 is 24.0 Å². The number of nitrogen functional groups attached to an aromatic ring is 1. The Morgan fingerprint density at radius 2 is 2.17 bits per heavy atom. The third kappa shape index (κ3) is 7.51. The summed E-state index contributed by atoms with van der Waals surface area (Å²) < 4.78 is 5.17. The summed E-state index contributed by atoms with van der Waals surface area (Å²) in [6.45, 7) is 4.24. The van der Waals surface area contributed by atoms with Crippen LogP contribution in [0, 0.1) is 4.77 Å². The molecule has 0 bridgehead atoms. The number of allylic oxidation sites excluding steroid dienone is 2. The Morgan fingerprint density at radius 3 is 2.87 bits per heavy atom. The number of nitrogens with one attached hydrogen (secondary N) is 2. The van der Waals surface area contributed by atoms with Crippen LogP contribution in [0.4, 0.5) is 5.69 Å². The van der Waals surface area contributed by atoms with Crippen LogP contribution in [0.2, 0.25) is 0 Å². The van der Waals surface area contributed by atoms with Gasteiger partial charge in [0.05, 0.1) is 13.0 Å². The zero-order chi connectivity index (χ0) is 17.2. The molecule has 0 saturated heterocycles. The van der Waals surface area contributed by atoms with Gasteiger partial charge in [0.15, 0.2) is 4.77 Å². The first-order valence-corrected chi connectivity index (χ1v) is 8.89. The normalized spacial score (nSPS) is 11.5. The van der Waals surface area contributed by atoms with Gasteiger partial charge < -0.3 is 15.5 Å². The Balaban J connectivity index is 2.34. The monoisotopic (exact) mass is 357 g/mol. The molecule has 0 fully saturated rings. The quantitative estimate of drug-likeness (QED) is 0.357. The van der Waals surface area contributed by atoms with Gasteiger partial charge in [-0.25, -0.2) is 0 Å². The van der Waals surface area contributed by atoms with Gasteiger partial charge >= 0.3 is 5.97 Å². The van der Waals surface area contributed by atoms with Crippen molar-refractivity contribution in [2.75, 3.05) is 18.1 Å². The molecule has 0 radical (unpaired) electrons. The van der Waals surface area contributed by atoms with Crippen molar-refractivity contribution >= 4 is 35.6 Å².